The molecular weight excluding hydrogens is 270 g/mol. The van der Waals surface area contributed by atoms with Gasteiger partial charge >= 0.3 is 0 Å². The number of carbonyl (C=O) groups excluding carboxylic acids is 1. The van der Waals surface area contributed by atoms with Crippen LogP contribution in [0.25, 0.3) is 5.69 Å². The van der Waals surface area contributed by atoms with Crippen molar-refractivity contribution < 1.29 is 9.90 Å². The zero-order valence-electron chi connectivity index (χ0n) is 11.5. The maximum absolute atomic E-state index is 12.3. The number of hydrogen-bond acceptors (Lipinski definition) is 5. The average Bonchev–Trinajstić information content (AvgIpc) is 3.21. The van der Waals surface area contributed by atoms with E-state index in [-0.39, 0.29) is 18.6 Å². The van der Waals surface area contributed by atoms with E-state index in [1.54, 1.807) is 18.2 Å². The van der Waals surface area contributed by atoms with E-state index in [4.69, 9.17) is 5.11 Å². The summed E-state index contributed by atoms with van der Waals surface area (Å²) < 4.78 is 1.50. The van der Waals surface area contributed by atoms with Crippen LogP contribution in [0.3, 0.4) is 0 Å². The number of rotatable bonds is 6. The highest BCUT2D eigenvalue weighted by atomic mass is 16.3. The van der Waals surface area contributed by atoms with Crippen LogP contribution in [0.1, 0.15) is 29.6 Å². The largest absolute Gasteiger partial charge is 0.396 e. The molecule has 0 bridgehead atoms. The van der Waals surface area contributed by atoms with E-state index in [1.165, 1.54) is 11.0 Å². The number of aliphatic hydroxyl groups is 1. The van der Waals surface area contributed by atoms with Gasteiger partial charge in [0.1, 0.15) is 6.33 Å². The summed E-state index contributed by atoms with van der Waals surface area (Å²) in [4.78, 5) is 12.3. The van der Waals surface area contributed by atoms with E-state index in [2.05, 4.69) is 20.8 Å². The van der Waals surface area contributed by atoms with Crippen molar-refractivity contribution in [3.05, 3.63) is 36.2 Å². The summed E-state index contributed by atoms with van der Waals surface area (Å²) in [5, 5.41) is 23.1. The Kier molecular flexibility index (Phi) is 3.92. The number of amides is 1. The molecular formula is C14H17N5O2. The number of aromatic nitrogens is 4. The summed E-state index contributed by atoms with van der Waals surface area (Å²) in [7, 11) is 0. The SMILES string of the molecule is O=C(NC(CCO)C1CC1)c1cccc(-n2cnnn2)c1. The van der Waals surface area contributed by atoms with Crippen molar-refractivity contribution in [1.82, 2.24) is 25.5 Å². The number of carbonyl (C=O) groups is 1. The molecule has 0 spiro atoms. The van der Waals surface area contributed by atoms with E-state index in [0.29, 0.717) is 17.9 Å². The smallest absolute Gasteiger partial charge is 0.251 e. The molecule has 1 fully saturated rings. The van der Waals surface area contributed by atoms with Gasteiger partial charge in [0.2, 0.25) is 0 Å². The minimum atomic E-state index is -0.129. The van der Waals surface area contributed by atoms with E-state index in [0.717, 1.165) is 18.5 Å². The van der Waals surface area contributed by atoms with Crippen molar-refractivity contribution in [2.24, 2.45) is 5.92 Å². The highest BCUT2D eigenvalue weighted by Gasteiger charge is 2.31. The summed E-state index contributed by atoms with van der Waals surface area (Å²) in [6.45, 7) is 0.0894. The molecule has 0 aliphatic heterocycles. The van der Waals surface area contributed by atoms with Gasteiger partial charge in [0, 0.05) is 18.2 Å². The van der Waals surface area contributed by atoms with Gasteiger partial charge in [-0.2, -0.15) is 0 Å². The summed E-state index contributed by atoms with van der Waals surface area (Å²) in [6.07, 6.45) is 4.32. The third-order valence-corrected chi connectivity index (χ3v) is 3.67. The van der Waals surface area contributed by atoms with Gasteiger partial charge in [-0.05, 0) is 53.8 Å². The Morgan fingerprint density at radius 1 is 1.48 bits per heavy atom. The minimum Gasteiger partial charge on any atom is -0.396 e. The fourth-order valence-corrected chi connectivity index (χ4v) is 2.38. The number of aliphatic hydroxyl groups excluding tert-OH is 1. The quantitative estimate of drug-likeness (QED) is 0.809. The van der Waals surface area contributed by atoms with E-state index < -0.39 is 0 Å². The monoisotopic (exact) mass is 287 g/mol. The van der Waals surface area contributed by atoms with Gasteiger partial charge in [0.05, 0.1) is 5.69 Å². The first-order valence-electron chi connectivity index (χ1n) is 7.03. The molecule has 1 amide bonds. The molecule has 21 heavy (non-hydrogen) atoms. The third kappa shape index (κ3) is 3.25. The van der Waals surface area contributed by atoms with E-state index >= 15 is 0 Å². The maximum Gasteiger partial charge on any atom is 0.251 e. The molecule has 1 aliphatic rings. The lowest BCUT2D eigenvalue weighted by Gasteiger charge is -2.17. The molecule has 1 heterocycles. The predicted octanol–water partition coefficient (Wildman–Crippen LogP) is 0.553. The van der Waals surface area contributed by atoms with Crippen molar-refractivity contribution in [3.63, 3.8) is 0 Å². The molecule has 1 aromatic heterocycles. The minimum absolute atomic E-state index is 0.0548. The van der Waals surface area contributed by atoms with Crippen LogP contribution in [-0.2, 0) is 0 Å². The van der Waals surface area contributed by atoms with E-state index in [9.17, 15) is 4.79 Å². The van der Waals surface area contributed by atoms with Crippen LogP contribution in [-0.4, -0.2) is 43.9 Å². The zero-order valence-corrected chi connectivity index (χ0v) is 11.5. The van der Waals surface area contributed by atoms with Crippen LogP contribution >= 0.6 is 0 Å². The van der Waals surface area contributed by atoms with Crippen LogP contribution in [0, 0.1) is 5.92 Å². The van der Waals surface area contributed by atoms with Gasteiger partial charge in [0.25, 0.3) is 5.91 Å². The Morgan fingerprint density at radius 2 is 2.33 bits per heavy atom. The van der Waals surface area contributed by atoms with Crippen LogP contribution < -0.4 is 5.32 Å². The molecule has 1 aliphatic carbocycles. The topological polar surface area (TPSA) is 92.9 Å². The van der Waals surface area contributed by atoms with Gasteiger partial charge in [-0.25, -0.2) is 4.68 Å². The molecule has 1 atom stereocenters. The van der Waals surface area contributed by atoms with Gasteiger partial charge in [-0.15, -0.1) is 5.10 Å². The molecule has 1 unspecified atom stereocenters. The van der Waals surface area contributed by atoms with Crippen molar-refractivity contribution in [3.8, 4) is 5.69 Å². The Morgan fingerprint density at radius 3 is 3.00 bits per heavy atom. The van der Waals surface area contributed by atoms with Gasteiger partial charge in [0.15, 0.2) is 0 Å². The van der Waals surface area contributed by atoms with Gasteiger partial charge in [-0.1, -0.05) is 6.07 Å². The molecule has 7 heteroatoms. The third-order valence-electron chi connectivity index (χ3n) is 3.67. The molecule has 1 aromatic carbocycles. The Labute approximate surface area is 122 Å². The molecule has 0 saturated heterocycles. The zero-order chi connectivity index (χ0) is 14.7. The second-order valence-electron chi connectivity index (χ2n) is 5.23. The predicted molar refractivity (Wildman–Crippen MR) is 74.8 cm³/mol. The lowest BCUT2D eigenvalue weighted by atomic mass is 10.1. The molecule has 110 valence electrons. The van der Waals surface area contributed by atoms with Gasteiger partial charge < -0.3 is 10.4 Å². The van der Waals surface area contributed by atoms with Crippen molar-refractivity contribution in [2.75, 3.05) is 6.61 Å². The molecule has 1 saturated carbocycles. The van der Waals surface area contributed by atoms with Gasteiger partial charge in [-0.3, -0.25) is 4.79 Å². The van der Waals surface area contributed by atoms with Crippen LogP contribution in [0.5, 0.6) is 0 Å². The lowest BCUT2D eigenvalue weighted by Crippen LogP contribution is -2.37. The normalized spacial score (nSPS) is 15.7. The Hall–Kier alpha value is -2.28. The lowest BCUT2D eigenvalue weighted by molar-refractivity contribution is 0.0924. The summed E-state index contributed by atoms with van der Waals surface area (Å²) >= 11 is 0. The molecule has 3 rings (SSSR count). The second kappa shape index (κ2) is 6.01. The number of nitrogens with one attached hydrogen (secondary N) is 1. The van der Waals surface area contributed by atoms with Crippen molar-refractivity contribution >= 4 is 5.91 Å². The molecule has 2 aromatic rings. The highest BCUT2D eigenvalue weighted by Crippen LogP contribution is 2.34. The fourth-order valence-electron chi connectivity index (χ4n) is 2.38. The van der Waals surface area contributed by atoms with Crippen LogP contribution in [0.4, 0.5) is 0 Å². The average molecular weight is 287 g/mol. The van der Waals surface area contributed by atoms with Crippen LogP contribution in [0.15, 0.2) is 30.6 Å². The Balaban J connectivity index is 1.73. The standard InChI is InChI=1S/C14H17N5O2/c20-7-6-13(10-4-5-10)16-14(21)11-2-1-3-12(8-11)19-9-15-17-18-19/h1-3,8-10,13,20H,4-7H2,(H,16,21). The first-order valence-corrected chi connectivity index (χ1v) is 7.03. The van der Waals surface area contributed by atoms with E-state index in [1.807, 2.05) is 6.07 Å². The van der Waals surface area contributed by atoms with Crippen molar-refractivity contribution in [2.45, 2.75) is 25.3 Å². The first-order chi connectivity index (χ1) is 10.3. The second-order valence-corrected chi connectivity index (χ2v) is 5.23. The summed E-state index contributed by atoms with van der Waals surface area (Å²) in [5.41, 5.74) is 1.30. The summed E-state index contributed by atoms with van der Waals surface area (Å²) in [6, 6.07) is 7.18. The molecule has 7 nitrogen and oxygen atoms in total. The highest BCUT2D eigenvalue weighted by molar-refractivity contribution is 5.94. The number of nitrogens with zero attached hydrogens (tertiary/aromatic N) is 4. The number of benzene rings is 1. The molecule has 2 N–H and O–H groups in total. The fraction of sp³-hybridized carbons (Fsp3) is 0.429. The van der Waals surface area contributed by atoms with Crippen LogP contribution in [0.2, 0.25) is 0 Å². The molecule has 0 radical (unpaired) electrons. The maximum atomic E-state index is 12.3. The first kappa shape index (κ1) is 13.7. The summed E-state index contributed by atoms with van der Waals surface area (Å²) in [5.74, 6) is 0.374. The number of tetrazole rings is 1. The number of hydrogen-bond donors (Lipinski definition) is 2. The Bertz CT molecular complexity index is 610. The van der Waals surface area contributed by atoms with Crippen molar-refractivity contribution in [1.29, 1.82) is 0 Å².